The molecule has 1 aromatic rings. The molecule has 0 fully saturated rings. The summed E-state index contributed by atoms with van der Waals surface area (Å²) >= 11 is 5.72. The number of ether oxygens (including phenoxy) is 1. The van der Waals surface area contributed by atoms with E-state index in [1.807, 2.05) is 0 Å². The first-order valence-electron chi connectivity index (χ1n) is 5.58. The summed E-state index contributed by atoms with van der Waals surface area (Å²) < 4.78 is 5.35. The Kier molecular flexibility index (Phi) is 6.00. The summed E-state index contributed by atoms with van der Waals surface area (Å²) in [5.41, 5.74) is 0. The Hall–Kier alpha value is -1.75. The molecule has 0 heterocycles. The molecule has 6 heteroatoms. The van der Waals surface area contributed by atoms with Crippen molar-refractivity contribution < 1.29 is 14.3 Å². The van der Waals surface area contributed by atoms with Crippen LogP contribution >= 0.6 is 11.6 Å². The van der Waals surface area contributed by atoms with Gasteiger partial charge in [-0.25, -0.2) is 0 Å². The Morgan fingerprint density at radius 1 is 1.17 bits per heavy atom. The average Bonchev–Trinajstić information content (AvgIpc) is 2.36. The Bertz CT molecular complexity index is 406. The van der Waals surface area contributed by atoms with Crippen molar-refractivity contribution in [1.82, 2.24) is 10.6 Å². The summed E-state index contributed by atoms with van der Waals surface area (Å²) in [6.07, 6.45) is 0. The van der Waals surface area contributed by atoms with Gasteiger partial charge in [0, 0.05) is 11.6 Å². The minimum absolute atomic E-state index is 0.262. The first-order chi connectivity index (χ1) is 8.63. The summed E-state index contributed by atoms with van der Waals surface area (Å²) in [6, 6.07) is 6.89. The number of halogens is 1. The average molecular weight is 271 g/mol. The van der Waals surface area contributed by atoms with Gasteiger partial charge < -0.3 is 15.4 Å². The minimum Gasteiger partial charge on any atom is -0.492 e. The summed E-state index contributed by atoms with van der Waals surface area (Å²) in [7, 11) is 0. The third-order valence-corrected chi connectivity index (χ3v) is 2.27. The fourth-order valence-corrected chi connectivity index (χ4v) is 1.31. The van der Waals surface area contributed by atoms with Crippen LogP contribution in [0.1, 0.15) is 6.92 Å². The highest BCUT2D eigenvalue weighted by molar-refractivity contribution is 6.35. The Labute approximate surface area is 110 Å². The smallest absolute Gasteiger partial charge is 0.309 e. The molecule has 0 saturated carbocycles. The number of rotatable bonds is 5. The van der Waals surface area contributed by atoms with E-state index in [1.54, 1.807) is 31.2 Å². The topological polar surface area (TPSA) is 67.4 Å². The molecule has 1 aromatic carbocycles. The highest BCUT2D eigenvalue weighted by atomic mass is 35.5. The van der Waals surface area contributed by atoms with Crippen molar-refractivity contribution in [3.8, 4) is 5.75 Å². The van der Waals surface area contributed by atoms with E-state index in [2.05, 4.69) is 10.6 Å². The van der Waals surface area contributed by atoms with Crippen molar-refractivity contribution in [1.29, 1.82) is 0 Å². The summed E-state index contributed by atoms with van der Waals surface area (Å²) in [4.78, 5) is 22.3. The molecular formula is C12H15ClN2O3. The third kappa shape index (κ3) is 5.05. The highest BCUT2D eigenvalue weighted by Crippen LogP contribution is 2.14. The predicted octanol–water partition coefficient (Wildman–Crippen LogP) is 0.971. The zero-order valence-electron chi connectivity index (χ0n) is 10.0. The number of likely N-dealkylation sites (N-methyl/N-ethyl adjacent to an activating group) is 1. The van der Waals surface area contributed by atoms with Crippen molar-refractivity contribution in [2.75, 3.05) is 19.7 Å². The van der Waals surface area contributed by atoms with E-state index in [9.17, 15) is 9.59 Å². The number of carbonyl (C=O) groups excluding carboxylic acids is 2. The zero-order chi connectivity index (χ0) is 13.4. The summed E-state index contributed by atoms with van der Waals surface area (Å²) in [5, 5.41) is 5.48. The first-order valence-corrected chi connectivity index (χ1v) is 5.95. The number of carbonyl (C=O) groups is 2. The van der Waals surface area contributed by atoms with Gasteiger partial charge >= 0.3 is 11.8 Å². The van der Waals surface area contributed by atoms with Gasteiger partial charge in [-0.1, -0.05) is 11.6 Å². The largest absolute Gasteiger partial charge is 0.492 e. The maximum Gasteiger partial charge on any atom is 0.309 e. The molecule has 18 heavy (non-hydrogen) atoms. The fourth-order valence-electron chi connectivity index (χ4n) is 1.19. The van der Waals surface area contributed by atoms with Gasteiger partial charge in [0.1, 0.15) is 12.4 Å². The third-order valence-electron chi connectivity index (χ3n) is 2.01. The van der Waals surface area contributed by atoms with Gasteiger partial charge in [-0.2, -0.15) is 0 Å². The van der Waals surface area contributed by atoms with Crippen LogP contribution in [0.4, 0.5) is 0 Å². The second kappa shape index (κ2) is 7.55. The summed E-state index contributed by atoms with van der Waals surface area (Å²) in [6.45, 7) is 2.72. The van der Waals surface area contributed by atoms with Crippen LogP contribution in [0.25, 0.3) is 0 Å². The van der Waals surface area contributed by atoms with Crippen molar-refractivity contribution in [3.05, 3.63) is 29.3 Å². The maximum atomic E-state index is 11.2. The van der Waals surface area contributed by atoms with E-state index in [4.69, 9.17) is 16.3 Å². The van der Waals surface area contributed by atoms with Crippen LogP contribution in [0.2, 0.25) is 5.02 Å². The molecule has 2 N–H and O–H groups in total. The van der Waals surface area contributed by atoms with Gasteiger partial charge in [-0.15, -0.1) is 0 Å². The minimum atomic E-state index is -0.656. The van der Waals surface area contributed by atoms with Gasteiger partial charge in [0.25, 0.3) is 0 Å². The van der Waals surface area contributed by atoms with Crippen LogP contribution in [0.5, 0.6) is 5.75 Å². The maximum absolute atomic E-state index is 11.2. The van der Waals surface area contributed by atoms with E-state index in [0.717, 1.165) is 0 Å². The zero-order valence-corrected chi connectivity index (χ0v) is 10.8. The van der Waals surface area contributed by atoms with Crippen LogP contribution in [-0.4, -0.2) is 31.5 Å². The van der Waals surface area contributed by atoms with Crippen LogP contribution in [0.15, 0.2) is 24.3 Å². The van der Waals surface area contributed by atoms with Crippen molar-refractivity contribution in [2.24, 2.45) is 0 Å². The lowest BCUT2D eigenvalue weighted by atomic mass is 10.3. The molecule has 0 aliphatic rings. The standard InChI is InChI=1S/C12H15ClN2O3/c1-2-14-11(16)12(17)15-7-8-18-10-5-3-9(13)4-6-10/h3-6H,2,7-8H2,1H3,(H,14,16)(H,15,17). The van der Waals surface area contributed by atoms with Crippen LogP contribution < -0.4 is 15.4 Å². The molecule has 0 bridgehead atoms. The molecule has 0 aromatic heterocycles. The second-order valence-electron chi connectivity index (χ2n) is 3.42. The quantitative estimate of drug-likeness (QED) is 0.619. The lowest BCUT2D eigenvalue weighted by Crippen LogP contribution is -2.41. The van der Waals surface area contributed by atoms with E-state index < -0.39 is 11.8 Å². The van der Waals surface area contributed by atoms with E-state index >= 15 is 0 Å². The molecule has 0 radical (unpaired) electrons. The molecule has 0 atom stereocenters. The van der Waals surface area contributed by atoms with Crippen molar-refractivity contribution >= 4 is 23.4 Å². The lowest BCUT2D eigenvalue weighted by molar-refractivity contribution is -0.139. The van der Waals surface area contributed by atoms with Gasteiger partial charge in [0.05, 0.1) is 6.54 Å². The number of amides is 2. The van der Waals surface area contributed by atoms with Gasteiger partial charge in [0.15, 0.2) is 0 Å². The Morgan fingerprint density at radius 2 is 1.78 bits per heavy atom. The van der Waals surface area contributed by atoms with Crippen LogP contribution in [0.3, 0.4) is 0 Å². The van der Waals surface area contributed by atoms with Gasteiger partial charge in [-0.05, 0) is 31.2 Å². The van der Waals surface area contributed by atoms with E-state index in [0.29, 0.717) is 17.3 Å². The van der Waals surface area contributed by atoms with E-state index in [-0.39, 0.29) is 13.2 Å². The predicted molar refractivity (Wildman–Crippen MR) is 68.6 cm³/mol. The number of hydrogen-bond donors (Lipinski definition) is 2. The van der Waals surface area contributed by atoms with Gasteiger partial charge in [0.2, 0.25) is 0 Å². The molecule has 0 aliphatic carbocycles. The molecule has 5 nitrogen and oxygen atoms in total. The molecule has 98 valence electrons. The molecule has 0 spiro atoms. The number of hydrogen-bond acceptors (Lipinski definition) is 3. The molecule has 1 rings (SSSR count). The van der Waals surface area contributed by atoms with Crippen molar-refractivity contribution in [3.63, 3.8) is 0 Å². The molecule has 0 unspecified atom stereocenters. The normalized spacial score (nSPS) is 9.67. The molecule has 0 aliphatic heterocycles. The molecule has 0 saturated heterocycles. The van der Waals surface area contributed by atoms with E-state index in [1.165, 1.54) is 0 Å². The first kappa shape index (κ1) is 14.3. The lowest BCUT2D eigenvalue weighted by Gasteiger charge is -2.07. The fraction of sp³-hybridized carbons (Fsp3) is 0.333. The Balaban J connectivity index is 2.20. The molecule has 2 amide bonds. The highest BCUT2D eigenvalue weighted by Gasteiger charge is 2.10. The van der Waals surface area contributed by atoms with Crippen LogP contribution in [0, 0.1) is 0 Å². The number of benzene rings is 1. The van der Waals surface area contributed by atoms with Gasteiger partial charge in [-0.3, -0.25) is 9.59 Å². The SMILES string of the molecule is CCNC(=O)C(=O)NCCOc1ccc(Cl)cc1. The Morgan fingerprint density at radius 3 is 2.39 bits per heavy atom. The van der Waals surface area contributed by atoms with Crippen LogP contribution in [-0.2, 0) is 9.59 Å². The summed E-state index contributed by atoms with van der Waals surface area (Å²) in [5.74, 6) is -0.632. The number of nitrogens with one attached hydrogen (secondary N) is 2. The monoisotopic (exact) mass is 270 g/mol. The second-order valence-corrected chi connectivity index (χ2v) is 3.85. The van der Waals surface area contributed by atoms with Crippen molar-refractivity contribution in [2.45, 2.75) is 6.92 Å². The molecular weight excluding hydrogens is 256 g/mol.